The van der Waals surface area contributed by atoms with Gasteiger partial charge >= 0.3 is 27.7 Å². The van der Waals surface area contributed by atoms with Crippen molar-refractivity contribution in [1.82, 2.24) is 0 Å². The van der Waals surface area contributed by atoms with Gasteiger partial charge in [0.25, 0.3) is 0 Å². The summed E-state index contributed by atoms with van der Waals surface area (Å²) in [4.78, 5) is 9.68. The Hall–Kier alpha value is -1.27. The third-order valence-electron chi connectivity index (χ3n) is 5.16. The van der Waals surface area contributed by atoms with Crippen LogP contribution in [0.2, 0.25) is 0 Å². The molecule has 0 bridgehead atoms. The third kappa shape index (κ3) is 8.30. The van der Waals surface area contributed by atoms with Crippen molar-refractivity contribution >= 4 is 33.3 Å². The van der Waals surface area contributed by atoms with E-state index in [-0.39, 0.29) is 7.43 Å². The summed E-state index contributed by atoms with van der Waals surface area (Å²) >= 11 is 2.22. The van der Waals surface area contributed by atoms with Crippen LogP contribution in [0.15, 0.2) is 46.4 Å². The molecule has 0 aliphatic rings. The zero-order valence-electron chi connectivity index (χ0n) is 20.5. The molecule has 0 unspecified atom stereocenters. The van der Waals surface area contributed by atoms with E-state index in [1.54, 1.807) is 0 Å². The fraction of sp³-hybridized carbons (Fsp3) is 0.444. The van der Waals surface area contributed by atoms with Crippen molar-refractivity contribution in [2.45, 2.75) is 79.1 Å². The summed E-state index contributed by atoms with van der Waals surface area (Å²) in [6.45, 7) is 17.8. The van der Waals surface area contributed by atoms with Crippen LogP contribution in [0.3, 0.4) is 0 Å². The fourth-order valence-corrected chi connectivity index (χ4v) is 3.54. The van der Waals surface area contributed by atoms with Crippen LogP contribution in [0, 0.1) is 7.43 Å². The summed E-state index contributed by atoms with van der Waals surface area (Å²) in [6, 6.07) is 13.0. The summed E-state index contributed by atoms with van der Waals surface area (Å²) in [5.41, 5.74) is 7.37. The average Bonchev–Trinajstić information content (AvgIpc) is 2.71. The molecule has 0 aliphatic carbocycles. The topological polar surface area (TPSA) is 24.7 Å². The van der Waals surface area contributed by atoms with Crippen LogP contribution in [-0.4, -0.2) is 12.4 Å². The van der Waals surface area contributed by atoms with Crippen molar-refractivity contribution in [2.75, 3.05) is 0 Å². The van der Waals surface area contributed by atoms with Crippen LogP contribution in [0.1, 0.15) is 101 Å². The van der Waals surface area contributed by atoms with Gasteiger partial charge in [-0.1, -0.05) is 91.8 Å². The van der Waals surface area contributed by atoms with Crippen LogP contribution in [0.4, 0.5) is 11.4 Å². The van der Waals surface area contributed by atoms with Crippen LogP contribution >= 0.6 is 9.53 Å². The summed E-state index contributed by atoms with van der Waals surface area (Å²) in [6.07, 6.45) is 3.71. The molecule has 0 N–H and O–H groups in total. The molecule has 2 rings (SSSR count). The van der Waals surface area contributed by atoms with Gasteiger partial charge in [-0.15, -0.1) is 0 Å². The maximum atomic E-state index is 4.84. The van der Waals surface area contributed by atoms with E-state index in [9.17, 15) is 0 Å². The standard InChI is InChI=1S/C26H36N2.CH3.ClH.Pd/c1-17(2)21-11-9-12-22(18(3)4)25(21)27-15-16-28-26-23(19(5)6)13-10-14-24(26)20(7)8;;;/h9-20H,1-8H3;1H3;1H;/q;-1;;+2/p-1. The van der Waals surface area contributed by atoms with Gasteiger partial charge in [-0.05, 0) is 45.9 Å². The fourth-order valence-electron chi connectivity index (χ4n) is 3.54. The van der Waals surface area contributed by atoms with Gasteiger partial charge in [-0.3, -0.25) is 9.98 Å². The van der Waals surface area contributed by atoms with Gasteiger partial charge in [0.15, 0.2) is 0 Å². The van der Waals surface area contributed by atoms with Crippen molar-refractivity contribution in [3.8, 4) is 0 Å². The molecule has 0 heterocycles. The number of hydrogen-bond donors (Lipinski definition) is 0. The molecule has 2 aromatic carbocycles. The molecule has 0 fully saturated rings. The number of rotatable bonds is 7. The average molecular weight is 533 g/mol. The van der Waals surface area contributed by atoms with E-state index in [0.29, 0.717) is 23.7 Å². The van der Waals surface area contributed by atoms with Crippen LogP contribution in [0.5, 0.6) is 0 Å². The Balaban J connectivity index is 0.00000291. The predicted octanol–water partition coefficient (Wildman–Crippen LogP) is 9.42. The second kappa shape index (κ2) is 14.7. The first-order valence-electron chi connectivity index (χ1n) is 10.7. The quantitative estimate of drug-likeness (QED) is 0.192. The molecule has 0 saturated carbocycles. The van der Waals surface area contributed by atoms with Crippen molar-refractivity contribution in [1.29, 1.82) is 0 Å². The Morgan fingerprint density at radius 1 is 0.581 bits per heavy atom. The monoisotopic (exact) mass is 532 g/mol. The summed E-state index contributed by atoms with van der Waals surface area (Å²) in [5, 5.41) is 0. The van der Waals surface area contributed by atoms with Crippen molar-refractivity contribution in [3.05, 3.63) is 66.1 Å². The summed E-state index contributed by atoms with van der Waals surface area (Å²) < 4.78 is 0. The summed E-state index contributed by atoms with van der Waals surface area (Å²) in [7, 11) is 4.49. The molecule has 0 spiro atoms. The first-order valence-corrected chi connectivity index (χ1v) is 12.7. The van der Waals surface area contributed by atoms with Gasteiger partial charge in [-0.25, -0.2) is 0 Å². The van der Waals surface area contributed by atoms with Gasteiger partial charge < -0.3 is 7.43 Å². The predicted molar refractivity (Wildman–Crippen MR) is 138 cm³/mol. The van der Waals surface area contributed by atoms with Gasteiger partial charge in [0.2, 0.25) is 0 Å². The molecule has 0 saturated heterocycles. The van der Waals surface area contributed by atoms with E-state index in [1.165, 1.54) is 22.3 Å². The van der Waals surface area contributed by atoms with Gasteiger partial charge in [-0.2, -0.15) is 0 Å². The number of para-hydroxylation sites is 2. The molecular formula is C27H39ClN2Pd. The van der Waals surface area contributed by atoms with Crippen molar-refractivity contribution in [2.24, 2.45) is 9.98 Å². The van der Waals surface area contributed by atoms with Gasteiger partial charge in [0, 0.05) is 12.4 Å². The number of halogens is 1. The molecule has 0 amide bonds. The molecule has 31 heavy (non-hydrogen) atoms. The minimum atomic E-state index is 0. The Morgan fingerprint density at radius 3 is 1.00 bits per heavy atom. The second-order valence-corrected chi connectivity index (χ2v) is 8.75. The Bertz CT molecular complexity index is 728. The van der Waals surface area contributed by atoms with E-state index in [2.05, 4.69) is 119 Å². The number of nitrogens with zero attached hydrogens (tertiary/aromatic N) is 2. The van der Waals surface area contributed by atoms with Crippen LogP contribution in [0.25, 0.3) is 0 Å². The summed E-state index contributed by atoms with van der Waals surface area (Å²) in [5.74, 6) is 1.77. The molecule has 0 atom stereocenters. The zero-order valence-corrected chi connectivity index (χ0v) is 22.8. The van der Waals surface area contributed by atoms with Crippen LogP contribution in [-0.2, 0) is 18.2 Å². The van der Waals surface area contributed by atoms with Crippen molar-refractivity contribution in [3.63, 3.8) is 0 Å². The number of hydrogen-bond acceptors (Lipinski definition) is 2. The number of aliphatic imine (C=N–C) groups is 2. The Labute approximate surface area is 206 Å². The van der Waals surface area contributed by atoms with Gasteiger partial charge in [0.1, 0.15) is 0 Å². The molecule has 4 heteroatoms. The molecule has 0 aromatic heterocycles. The van der Waals surface area contributed by atoms with Crippen LogP contribution < -0.4 is 0 Å². The number of benzene rings is 2. The molecule has 2 aromatic rings. The Morgan fingerprint density at radius 2 is 0.806 bits per heavy atom. The molecule has 2 nitrogen and oxygen atoms in total. The van der Waals surface area contributed by atoms with Crippen molar-refractivity contribution < 1.29 is 18.2 Å². The first-order chi connectivity index (χ1) is 14.2. The van der Waals surface area contributed by atoms with Gasteiger partial charge in [0.05, 0.1) is 11.4 Å². The first kappa shape index (κ1) is 29.7. The van der Waals surface area contributed by atoms with E-state index in [0.717, 1.165) is 11.4 Å². The van der Waals surface area contributed by atoms with E-state index in [1.807, 2.05) is 12.4 Å². The normalized spacial score (nSPS) is 11.6. The Kier molecular flexibility index (Phi) is 14.1. The molecule has 0 radical (unpaired) electrons. The SMILES string of the molecule is CC(C)c1cccc(C(C)C)c1N=CC=Nc1c(C(C)C)cccc1C(C)C.[CH3-].[Cl][Pd+]. The van der Waals surface area contributed by atoms with E-state index < -0.39 is 0 Å². The molecule has 174 valence electrons. The minimum absolute atomic E-state index is 0. The third-order valence-corrected chi connectivity index (χ3v) is 5.16. The van der Waals surface area contributed by atoms with E-state index in [4.69, 9.17) is 9.98 Å². The zero-order chi connectivity index (χ0) is 22.8. The second-order valence-electron chi connectivity index (χ2n) is 8.75. The molecule has 0 aliphatic heterocycles. The molecular weight excluding hydrogens is 494 g/mol. The maximum absolute atomic E-state index is 4.84. The van der Waals surface area contributed by atoms with E-state index >= 15 is 0 Å².